The Labute approximate surface area is 134 Å². The van der Waals surface area contributed by atoms with Crippen LogP contribution >= 0.6 is 15.9 Å². The molecule has 1 aromatic heterocycles. The number of halogens is 1. The standard InChI is InChI=1S/C16H20BrN3O/c1-12-14(4-9-21-12)20-7-5-16(11-18,6-8-20)15-3-2-13(17)10-19-15/h2-3,10,12,14H,4-9H2,1H3. The Kier molecular flexibility index (Phi) is 4.30. The maximum Gasteiger partial charge on any atom is 0.102 e. The zero-order valence-electron chi connectivity index (χ0n) is 12.3. The van der Waals surface area contributed by atoms with Crippen molar-refractivity contribution in [3.8, 4) is 6.07 Å². The number of aromatic nitrogens is 1. The van der Waals surface area contributed by atoms with E-state index in [4.69, 9.17) is 4.74 Å². The summed E-state index contributed by atoms with van der Waals surface area (Å²) in [7, 11) is 0. The molecule has 2 atom stereocenters. The SMILES string of the molecule is CC1OCCC1N1CCC(C#N)(c2ccc(Br)cn2)CC1. The number of rotatable bonds is 2. The molecule has 0 N–H and O–H groups in total. The minimum absolute atomic E-state index is 0.311. The van der Waals surface area contributed by atoms with Crippen molar-refractivity contribution in [1.29, 1.82) is 5.26 Å². The number of likely N-dealkylation sites (tertiary alicyclic amines) is 1. The average molecular weight is 350 g/mol. The van der Waals surface area contributed by atoms with Crippen LogP contribution in [0.1, 0.15) is 31.9 Å². The number of pyridine rings is 1. The fraction of sp³-hybridized carbons (Fsp3) is 0.625. The van der Waals surface area contributed by atoms with Crippen LogP contribution in [0.15, 0.2) is 22.8 Å². The minimum Gasteiger partial charge on any atom is -0.377 e. The summed E-state index contributed by atoms with van der Waals surface area (Å²) in [5, 5.41) is 9.72. The zero-order valence-corrected chi connectivity index (χ0v) is 13.8. The molecule has 0 bridgehead atoms. The Morgan fingerprint density at radius 1 is 1.43 bits per heavy atom. The summed E-state index contributed by atoms with van der Waals surface area (Å²) in [6.45, 7) is 4.91. The molecule has 112 valence electrons. The molecule has 2 fully saturated rings. The molecule has 21 heavy (non-hydrogen) atoms. The Hall–Kier alpha value is -0.960. The molecule has 3 rings (SSSR count). The fourth-order valence-electron chi connectivity index (χ4n) is 3.52. The molecule has 0 amide bonds. The lowest BCUT2D eigenvalue weighted by Crippen LogP contribution is -2.48. The molecule has 2 aliphatic heterocycles. The Bertz CT molecular complexity index is 531. The summed E-state index contributed by atoms with van der Waals surface area (Å²) in [4.78, 5) is 6.96. The van der Waals surface area contributed by atoms with Gasteiger partial charge in [0.1, 0.15) is 5.41 Å². The summed E-state index contributed by atoms with van der Waals surface area (Å²) in [5.74, 6) is 0. The monoisotopic (exact) mass is 349 g/mol. The molecular weight excluding hydrogens is 330 g/mol. The van der Waals surface area contributed by atoms with Crippen LogP contribution in [0, 0.1) is 11.3 Å². The second-order valence-corrected chi connectivity index (χ2v) is 6.94. The first kappa shape index (κ1) is 15.0. The second-order valence-electron chi connectivity index (χ2n) is 6.02. The maximum absolute atomic E-state index is 9.72. The smallest absolute Gasteiger partial charge is 0.102 e. The van der Waals surface area contributed by atoms with Gasteiger partial charge in [-0.05, 0) is 54.2 Å². The van der Waals surface area contributed by atoms with E-state index >= 15 is 0 Å². The molecule has 0 aromatic carbocycles. The largest absolute Gasteiger partial charge is 0.377 e. The maximum atomic E-state index is 9.72. The van der Waals surface area contributed by atoms with Crippen LogP contribution in [0.25, 0.3) is 0 Å². The van der Waals surface area contributed by atoms with Gasteiger partial charge in [0.25, 0.3) is 0 Å². The van der Waals surface area contributed by atoms with Crippen LogP contribution in [-0.2, 0) is 10.2 Å². The van der Waals surface area contributed by atoms with Gasteiger partial charge in [0.15, 0.2) is 0 Å². The topological polar surface area (TPSA) is 49.1 Å². The van der Waals surface area contributed by atoms with Crippen LogP contribution in [0.4, 0.5) is 0 Å². The second kappa shape index (κ2) is 6.04. The Balaban J connectivity index is 1.73. The molecule has 0 radical (unpaired) electrons. The number of nitrogens with zero attached hydrogens (tertiary/aromatic N) is 3. The first-order valence-corrected chi connectivity index (χ1v) is 8.33. The van der Waals surface area contributed by atoms with Gasteiger partial charge in [-0.25, -0.2) is 0 Å². The molecule has 2 unspecified atom stereocenters. The van der Waals surface area contributed by atoms with Gasteiger partial charge in [-0.1, -0.05) is 0 Å². The van der Waals surface area contributed by atoms with Crippen LogP contribution in [0.2, 0.25) is 0 Å². The van der Waals surface area contributed by atoms with Gasteiger partial charge in [0.2, 0.25) is 0 Å². The van der Waals surface area contributed by atoms with E-state index in [-0.39, 0.29) is 0 Å². The molecule has 0 spiro atoms. The molecule has 2 aliphatic rings. The molecule has 0 aliphatic carbocycles. The number of ether oxygens (including phenoxy) is 1. The van der Waals surface area contributed by atoms with Crippen molar-refractivity contribution < 1.29 is 4.74 Å². The predicted octanol–water partition coefficient (Wildman–Crippen LogP) is 2.88. The van der Waals surface area contributed by atoms with E-state index in [0.29, 0.717) is 12.1 Å². The lowest BCUT2D eigenvalue weighted by atomic mass is 9.76. The van der Waals surface area contributed by atoms with Crippen LogP contribution in [-0.4, -0.2) is 41.7 Å². The van der Waals surface area contributed by atoms with Crippen molar-refractivity contribution in [2.75, 3.05) is 19.7 Å². The van der Waals surface area contributed by atoms with Gasteiger partial charge < -0.3 is 4.74 Å². The summed E-state index contributed by atoms with van der Waals surface area (Å²) in [6.07, 6.45) is 4.90. The van der Waals surface area contributed by atoms with E-state index < -0.39 is 5.41 Å². The summed E-state index contributed by atoms with van der Waals surface area (Å²) < 4.78 is 6.62. The fourth-order valence-corrected chi connectivity index (χ4v) is 3.76. The summed E-state index contributed by atoms with van der Waals surface area (Å²) in [6, 6.07) is 7.00. The first-order chi connectivity index (χ1) is 10.1. The molecular formula is C16H20BrN3O. The highest BCUT2D eigenvalue weighted by atomic mass is 79.9. The first-order valence-electron chi connectivity index (χ1n) is 7.53. The normalized spacial score (nSPS) is 29.2. The lowest BCUT2D eigenvalue weighted by molar-refractivity contribution is 0.0570. The number of hydrogen-bond donors (Lipinski definition) is 0. The van der Waals surface area contributed by atoms with Gasteiger partial charge in [-0.15, -0.1) is 0 Å². The van der Waals surface area contributed by atoms with Crippen molar-refractivity contribution in [1.82, 2.24) is 9.88 Å². The zero-order chi connectivity index (χ0) is 14.9. The molecule has 3 heterocycles. The van der Waals surface area contributed by atoms with E-state index in [1.54, 1.807) is 6.20 Å². The summed E-state index contributed by atoms with van der Waals surface area (Å²) in [5.41, 5.74) is 0.475. The number of hydrogen-bond acceptors (Lipinski definition) is 4. The van der Waals surface area contributed by atoms with Crippen molar-refractivity contribution in [2.24, 2.45) is 0 Å². The Morgan fingerprint density at radius 2 is 2.19 bits per heavy atom. The van der Waals surface area contributed by atoms with Crippen molar-refractivity contribution in [2.45, 2.75) is 43.7 Å². The molecule has 5 heteroatoms. The van der Waals surface area contributed by atoms with E-state index in [1.807, 2.05) is 12.1 Å². The molecule has 1 aromatic rings. The average Bonchev–Trinajstić information content (AvgIpc) is 2.94. The quantitative estimate of drug-likeness (QED) is 0.823. The van der Waals surface area contributed by atoms with Gasteiger partial charge in [-0.3, -0.25) is 9.88 Å². The van der Waals surface area contributed by atoms with E-state index in [2.05, 4.69) is 38.8 Å². The third-order valence-electron chi connectivity index (χ3n) is 4.89. The van der Waals surface area contributed by atoms with Crippen LogP contribution in [0.3, 0.4) is 0 Å². The van der Waals surface area contributed by atoms with E-state index in [1.165, 1.54) is 0 Å². The van der Waals surface area contributed by atoms with Crippen molar-refractivity contribution >= 4 is 15.9 Å². The van der Waals surface area contributed by atoms with E-state index in [0.717, 1.165) is 49.1 Å². The highest BCUT2D eigenvalue weighted by Gasteiger charge is 2.41. The third-order valence-corrected chi connectivity index (χ3v) is 5.36. The van der Waals surface area contributed by atoms with Gasteiger partial charge in [-0.2, -0.15) is 5.26 Å². The van der Waals surface area contributed by atoms with Crippen LogP contribution < -0.4 is 0 Å². The van der Waals surface area contributed by atoms with Crippen molar-refractivity contribution in [3.63, 3.8) is 0 Å². The minimum atomic E-state index is -0.431. The Morgan fingerprint density at radius 3 is 2.71 bits per heavy atom. The van der Waals surface area contributed by atoms with Crippen molar-refractivity contribution in [3.05, 3.63) is 28.5 Å². The highest BCUT2D eigenvalue weighted by molar-refractivity contribution is 9.10. The third kappa shape index (κ3) is 2.85. The summed E-state index contributed by atoms with van der Waals surface area (Å²) >= 11 is 3.40. The molecule has 2 saturated heterocycles. The van der Waals surface area contributed by atoms with Gasteiger partial charge in [0.05, 0.1) is 17.9 Å². The number of piperidine rings is 1. The van der Waals surface area contributed by atoms with Gasteiger partial charge >= 0.3 is 0 Å². The predicted molar refractivity (Wildman–Crippen MR) is 83.9 cm³/mol. The highest BCUT2D eigenvalue weighted by Crippen LogP contribution is 2.36. The molecule has 0 saturated carbocycles. The van der Waals surface area contributed by atoms with E-state index in [9.17, 15) is 5.26 Å². The van der Waals surface area contributed by atoms with Crippen LogP contribution in [0.5, 0.6) is 0 Å². The van der Waals surface area contributed by atoms with Gasteiger partial charge in [0, 0.05) is 36.4 Å². The molecule has 4 nitrogen and oxygen atoms in total. The number of nitriles is 1. The lowest BCUT2D eigenvalue weighted by Gasteiger charge is -2.40.